The number of carboxylic acids is 1. The molecule has 2 rings (SSSR count). The van der Waals surface area contributed by atoms with Gasteiger partial charge in [0.15, 0.2) is 0 Å². The van der Waals surface area contributed by atoms with Crippen molar-refractivity contribution in [2.45, 2.75) is 6.92 Å². The monoisotopic (exact) mass is 356 g/mol. The van der Waals surface area contributed by atoms with Crippen LogP contribution >= 0.6 is 27.3 Å². The van der Waals surface area contributed by atoms with Gasteiger partial charge in [0.05, 0.1) is 5.56 Å². The standard InChI is InChI=1S/C11H9BrN4O3S/c1-5-15-16-11(20-5)14-10(19)13-6-2-3-8(12)7(4-6)9(17)18/h2-4H,1H3,(H,17,18)(H2,13,14,16,19). The van der Waals surface area contributed by atoms with Crippen LogP contribution in [0.4, 0.5) is 15.6 Å². The van der Waals surface area contributed by atoms with Gasteiger partial charge in [-0.2, -0.15) is 0 Å². The molecule has 1 aromatic heterocycles. The number of aromatic nitrogens is 2. The molecule has 0 spiro atoms. The lowest BCUT2D eigenvalue weighted by molar-refractivity contribution is 0.0696. The summed E-state index contributed by atoms with van der Waals surface area (Å²) in [5.74, 6) is -1.08. The molecule has 1 aromatic carbocycles. The van der Waals surface area contributed by atoms with Crippen molar-refractivity contribution < 1.29 is 14.7 Å². The Balaban J connectivity index is 2.08. The number of carbonyl (C=O) groups excluding carboxylic acids is 1. The predicted molar refractivity (Wildman–Crippen MR) is 78.4 cm³/mol. The molecule has 0 bridgehead atoms. The number of hydrogen-bond donors (Lipinski definition) is 3. The van der Waals surface area contributed by atoms with Gasteiger partial charge in [-0.05, 0) is 41.1 Å². The number of anilines is 2. The van der Waals surface area contributed by atoms with Crippen molar-refractivity contribution >= 4 is 50.1 Å². The number of rotatable bonds is 3. The lowest BCUT2D eigenvalue weighted by atomic mass is 10.2. The van der Waals surface area contributed by atoms with Crippen LogP contribution in [0.1, 0.15) is 15.4 Å². The third kappa shape index (κ3) is 3.52. The van der Waals surface area contributed by atoms with E-state index in [-0.39, 0.29) is 5.56 Å². The van der Waals surface area contributed by atoms with Gasteiger partial charge in [-0.25, -0.2) is 9.59 Å². The van der Waals surface area contributed by atoms with Crippen molar-refractivity contribution in [1.29, 1.82) is 0 Å². The third-order valence-electron chi connectivity index (χ3n) is 2.20. The van der Waals surface area contributed by atoms with Gasteiger partial charge in [0, 0.05) is 10.2 Å². The second kappa shape index (κ2) is 5.97. The van der Waals surface area contributed by atoms with Crippen LogP contribution in [0.2, 0.25) is 0 Å². The number of nitrogens with zero attached hydrogens (tertiary/aromatic N) is 2. The first-order valence-electron chi connectivity index (χ1n) is 5.36. The molecule has 0 unspecified atom stereocenters. The van der Waals surface area contributed by atoms with E-state index in [1.54, 1.807) is 19.1 Å². The first-order valence-corrected chi connectivity index (χ1v) is 6.97. The summed E-state index contributed by atoms with van der Waals surface area (Å²) in [7, 11) is 0. The number of carboxylic acid groups (broad SMARTS) is 1. The van der Waals surface area contributed by atoms with Crippen molar-refractivity contribution in [3.8, 4) is 0 Å². The summed E-state index contributed by atoms with van der Waals surface area (Å²) in [6.45, 7) is 1.77. The van der Waals surface area contributed by atoms with Crippen LogP contribution in [-0.2, 0) is 0 Å². The van der Waals surface area contributed by atoms with E-state index in [0.717, 1.165) is 5.01 Å². The molecule has 0 radical (unpaired) electrons. The zero-order valence-corrected chi connectivity index (χ0v) is 12.6. The molecule has 0 aliphatic rings. The molecule has 20 heavy (non-hydrogen) atoms. The van der Waals surface area contributed by atoms with E-state index in [2.05, 4.69) is 36.8 Å². The van der Waals surface area contributed by atoms with Crippen molar-refractivity contribution in [3.05, 3.63) is 33.2 Å². The van der Waals surface area contributed by atoms with Crippen molar-refractivity contribution in [1.82, 2.24) is 10.2 Å². The lowest BCUT2D eigenvalue weighted by Gasteiger charge is -2.07. The lowest BCUT2D eigenvalue weighted by Crippen LogP contribution is -2.19. The van der Waals surface area contributed by atoms with Gasteiger partial charge in [0.25, 0.3) is 0 Å². The molecule has 1 heterocycles. The number of aromatic carboxylic acids is 1. The van der Waals surface area contributed by atoms with Crippen LogP contribution in [0.3, 0.4) is 0 Å². The molecular formula is C11H9BrN4O3S. The van der Waals surface area contributed by atoms with Gasteiger partial charge in [-0.1, -0.05) is 11.3 Å². The first-order chi connectivity index (χ1) is 9.45. The average Bonchev–Trinajstić information content (AvgIpc) is 2.76. The Hall–Kier alpha value is -2.00. The number of benzene rings is 1. The topological polar surface area (TPSA) is 104 Å². The molecular weight excluding hydrogens is 348 g/mol. The Bertz CT molecular complexity index is 673. The molecule has 2 aromatic rings. The Kier molecular flexibility index (Phi) is 4.30. The van der Waals surface area contributed by atoms with Crippen LogP contribution < -0.4 is 10.6 Å². The molecule has 0 saturated heterocycles. The molecule has 0 aliphatic heterocycles. The molecule has 3 N–H and O–H groups in total. The molecule has 0 aliphatic carbocycles. The zero-order valence-electron chi connectivity index (χ0n) is 10.2. The number of hydrogen-bond acceptors (Lipinski definition) is 5. The SMILES string of the molecule is Cc1nnc(NC(=O)Nc2ccc(Br)c(C(=O)O)c2)s1. The molecule has 2 amide bonds. The van der Waals surface area contributed by atoms with Crippen LogP contribution in [-0.4, -0.2) is 27.3 Å². The van der Waals surface area contributed by atoms with Gasteiger partial charge in [0.1, 0.15) is 5.01 Å². The molecule has 0 atom stereocenters. The summed E-state index contributed by atoms with van der Waals surface area (Å²) in [6, 6.07) is 3.98. The maximum absolute atomic E-state index is 11.7. The van der Waals surface area contributed by atoms with Crippen LogP contribution in [0, 0.1) is 6.92 Å². The van der Waals surface area contributed by atoms with E-state index >= 15 is 0 Å². The summed E-state index contributed by atoms with van der Waals surface area (Å²) < 4.78 is 0.440. The fraction of sp³-hybridized carbons (Fsp3) is 0.0909. The number of nitrogens with one attached hydrogen (secondary N) is 2. The quantitative estimate of drug-likeness (QED) is 0.784. The van der Waals surface area contributed by atoms with E-state index < -0.39 is 12.0 Å². The minimum absolute atomic E-state index is 0.0644. The van der Waals surface area contributed by atoms with Crippen molar-refractivity contribution in [3.63, 3.8) is 0 Å². The van der Waals surface area contributed by atoms with Crippen LogP contribution in [0.5, 0.6) is 0 Å². The molecule has 7 nitrogen and oxygen atoms in total. The maximum Gasteiger partial charge on any atom is 0.336 e. The Morgan fingerprint density at radius 3 is 2.65 bits per heavy atom. The maximum atomic E-state index is 11.7. The van der Waals surface area contributed by atoms with Gasteiger partial charge < -0.3 is 10.4 Å². The van der Waals surface area contributed by atoms with E-state index in [0.29, 0.717) is 15.3 Å². The summed E-state index contributed by atoms with van der Waals surface area (Å²) in [5.41, 5.74) is 0.430. The molecule has 104 valence electrons. The molecule has 0 saturated carbocycles. The zero-order chi connectivity index (χ0) is 14.7. The number of urea groups is 1. The second-order valence-corrected chi connectivity index (χ2v) is 5.74. The van der Waals surface area contributed by atoms with Gasteiger partial charge >= 0.3 is 12.0 Å². The first kappa shape index (κ1) is 14.4. The summed E-state index contributed by atoms with van der Waals surface area (Å²) in [6.07, 6.45) is 0. The fourth-order valence-corrected chi connectivity index (χ4v) is 2.38. The van der Waals surface area contributed by atoms with Gasteiger partial charge in [0.2, 0.25) is 5.13 Å². The number of amides is 2. The third-order valence-corrected chi connectivity index (χ3v) is 3.65. The summed E-state index contributed by atoms with van der Waals surface area (Å²) in [5, 5.41) is 22.6. The minimum Gasteiger partial charge on any atom is -0.478 e. The highest BCUT2D eigenvalue weighted by atomic mass is 79.9. The van der Waals surface area contributed by atoms with Crippen LogP contribution in [0.15, 0.2) is 22.7 Å². The summed E-state index contributed by atoms with van der Waals surface area (Å²) in [4.78, 5) is 22.7. The Morgan fingerprint density at radius 1 is 1.30 bits per heavy atom. The largest absolute Gasteiger partial charge is 0.478 e. The van der Waals surface area contributed by atoms with Crippen LogP contribution in [0.25, 0.3) is 0 Å². The van der Waals surface area contributed by atoms with E-state index in [4.69, 9.17) is 5.11 Å². The van der Waals surface area contributed by atoms with Crippen molar-refractivity contribution in [2.75, 3.05) is 10.6 Å². The number of carbonyl (C=O) groups is 2. The number of halogens is 1. The Morgan fingerprint density at radius 2 is 2.05 bits per heavy atom. The highest BCUT2D eigenvalue weighted by Crippen LogP contribution is 2.21. The molecule has 0 fully saturated rings. The second-order valence-electron chi connectivity index (χ2n) is 3.71. The van der Waals surface area contributed by atoms with Crippen molar-refractivity contribution in [2.24, 2.45) is 0 Å². The Labute approximate surface area is 126 Å². The summed E-state index contributed by atoms with van der Waals surface area (Å²) >= 11 is 4.37. The van der Waals surface area contributed by atoms with Gasteiger partial charge in [-0.15, -0.1) is 10.2 Å². The van der Waals surface area contributed by atoms with E-state index in [1.807, 2.05) is 0 Å². The minimum atomic E-state index is -1.08. The smallest absolute Gasteiger partial charge is 0.336 e. The highest BCUT2D eigenvalue weighted by Gasteiger charge is 2.11. The van der Waals surface area contributed by atoms with Gasteiger partial charge in [-0.3, -0.25) is 5.32 Å². The normalized spacial score (nSPS) is 10.1. The van der Waals surface area contributed by atoms with E-state index in [1.165, 1.54) is 17.4 Å². The highest BCUT2D eigenvalue weighted by molar-refractivity contribution is 9.10. The molecule has 9 heteroatoms. The average molecular weight is 357 g/mol. The fourth-order valence-electron chi connectivity index (χ4n) is 1.37. The number of aryl methyl sites for hydroxylation is 1. The van der Waals surface area contributed by atoms with E-state index in [9.17, 15) is 9.59 Å². The predicted octanol–water partition coefficient (Wildman–Crippen LogP) is 2.95.